The van der Waals surface area contributed by atoms with Crippen LogP contribution in [-0.2, 0) is 9.47 Å². The van der Waals surface area contributed by atoms with Gasteiger partial charge in [-0.3, -0.25) is 0 Å². The molecule has 2 saturated heterocycles. The molecule has 3 aromatic rings. The fourth-order valence-electron chi connectivity index (χ4n) is 4.40. The van der Waals surface area contributed by atoms with Crippen molar-refractivity contribution in [2.75, 3.05) is 44.3 Å². The van der Waals surface area contributed by atoms with Crippen LogP contribution in [-0.4, -0.2) is 81.7 Å². The summed E-state index contributed by atoms with van der Waals surface area (Å²) in [6.45, 7) is 5.34. The fraction of sp³-hybridized carbons (Fsp3) is 0.500. The smallest absolute Gasteiger partial charge is 0.410 e. The number of ether oxygens (including phenoxy) is 3. The molecule has 3 fully saturated rings. The third-order valence-electron chi connectivity index (χ3n) is 6.76. The van der Waals surface area contributed by atoms with E-state index < -0.39 is 5.60 Å². The molecule has 3 aliphatic rings. The molecular weight excluding hydrogens is 436 g/mol. The van der Waals surface area contributed by atoms with Crippen LogP contribution in [0.5, 0.6) is 5.88 Å². The van der Waals surface area contributed by atoms with E-state index in [1.807, 2.05) is 37.5 Å². The maximum atomic E-state index is 12.5. The van der Waals surface area contributed by atoms with Crippen LogP contribution in [0.4, 0.5) is 10.6 Å². The number of pyridine rings is 1. The van der Waals surface area contributed by atoms with E-state index >= 15 is 0 Å². The normalized spacial score (nSPS) is 20.0. The first-order valence-electron chi connectivity index (χ1n) is 11.9. The zero-order chi connectivity index (χ0) is 23.1. The van der Waals surface area contributed by atoms with Crippen LogP contribution in [0.25, 0.3) is 16.8 Å². The minimum absolute atomic E-state index is 0.237. The summed E-state index contributed by atoms with van der Waals surface area (Å²) in [7, 11) is 0. The standard InChI is InChI=1S/C24H28N6O4/c1-24(15-32-16-24)34-23(31)29-12-10-28(11-13-29)20-7-9-30-21(27-20)19(14-26-30)18-6-3-8-25-22(18)33-17-4-2-5-17/h3,6-9,14,17H,2,4-5,10-13,15-16H2,1H3. The summed E-state index contributed by atoms with van der Waals surface area (Å²) in [6.07, 6.45) is 8.79. The molecule has 6 rings (SSSR count). The summed E-state index contributed by atoms with van der Waals surface area (Å²) < 4.78 is 18.7. The van der Waals surface area contributed by atoms with Crippen LogP contribution in [0.1, 0.15) is 26.2 Å². The van der Waals surface area contributed by atoms with Crippen molar-refractivity contribution in [1.82, 2.24) is 24.5 Å². The first-order valence-corrected chi connectivity index (χ1v) is 11.9. The van der Waals surface area contributed by atoms with Gasteiger partial charge in [0.1, 0.15) is 11.9 Å². The Hall–Kier alpha value is -3.40. The summed E-state index contributed by atoms with van der Waals surface area (Å²) in [4.78, 5) is 25.9. The van der Waals surface area contributed by atoms with Gasteiger partial charge in [0, 0.05) is 44.1 Å². The lowest BCUT2D eigenvalue weighted by molar-refractivity contribution is -0.172. The molecule has 0 bridgehead atoms. The zero-order valence-electron chi connectivity index (χ0n) is 19.2. The number of anilines is 1. The van der Waals surface area contributed by atoms with Gasteiger partial charge < -0.3 is 24.0 Å². The summed E-state index contributed by atoms with van der Waals surface area (Å²) in [5.41, 5.74) is 2.05. The predicted molar refractivity (Wildman–Crippen MR) is 124 cm³/mol. The fourth-order valence-corrected chi connectivity index (χ4v) is 4.40. The lowest BCUT2D eigenvalue weighted by Crippen LogP contribution is -2.55. The first kappa shape index (κ1) is 21.2. The van der Waals surface area contributed by atoms with Crippen LogP contribution in [0, 0.1) is 0 Å². The monoisotopic (exact) mass is 464 g/mol. The van der Waals surface area contributed by atoms with Crippen molar-refractivity contribution in [2.24, 2.45) is 0 Å². The van der Waals surface area contributed by atoms with E-state index in [0.717, 1.165) is 35.4 Å². The molecule has 3 aromatic heterocycles. The Morgan fingerprint density at radius 3 is 2.68 bits per heavy atom. The quantitative estimate of drug-likeness (QED) is 0.569. The highest BCUT2D eigenvalue weighted by atomic mass is 16.6. The molecule has 0 unspecified atom stereocenters. The summed E-state index contributed by atoms with van der Waals surface area (Å²) >= 11 is 0. The third-order valence-corrected chi connectivity index (χ3v) is 6.76. The van der Waals surface area contributed by atoms with Crippen molar-refractivity contribution in [3.8, 4) is 17.0 Å². The number of fused-ring (bicyclic) bond motifs is 1. The number of piperazine rings is 1. The minimum atomic E-state index is -0.493. The highest BCUT2D eigenvalue weighted by Gasteiger charge is 2.39. The highest BCUT2D eigenvalue weighted by Crippen LogP contribution is 2.34. The van der Waals surface area contributed by atoms with Crippen molar-refractivity contribution >= 4 is 17.6 Å². The average molecular weight is 465 g/mol. The van der Waals surface area contributed by atoms with Crippen molar-refractivity contribution < 1.29 is 19.0 Å². The molecule has 10 heteroatoms. The maximum absolute atomic E-state index is 12.5. The van der Waals surface area contributed by atoms with E-state index in [1.54, 1.807) is 15.6 Å². The molecule has 0 radical (unpaired) electrons. The topological polar surface area (TPSA) is 94.3 Å². The van der Waals surface area contributed by atoms with E-state index in [9.17, 15) is 4.79 Å². The van der Waals surface area contributed by atoms with Crippen LogP contribution in [0.3, 0.4) is 0 Å². The summed E-state index contributed by atoms with van der Waals surface area (Å²) in [5.74, 6) is 1.49. The molecular formula is C24H28N6O4. The second-order valence-corrected chi connectivity index (χ2v) is 9.42. The predicted octanol–water partition coefficient (Wildman–Crippen LogP) is 2.77. The van der Waals surface area contributed by atoms with Gasteiger partial charge in [-0.15, -0.1) is 0 Å². The van der Waals surface area contributed by atoms with E-state index in [2.05, 4.69) is 15.0 Å². The summed E-state index contributed by atoms with van der Waals surface area (Å²) in [6, 6.07) is 5.87. The second-order valence-electron chi connectivity index (χ2n) is 9.42. The molecule has 1 amide bonds. The van der Waals surface area contributed by atoms with Gasteiger partial charge in [0.2, 0.25) is 5.88 Å². The van der Waals surface area contributed by atoms with Crippen LogP contribution >= 0.6 is 0 Å². The molecule has 0 atom stereocenters. The van der Waals surface area contributed by atoms with Gasteiger partial charge >= 0.3 is 6.09 Å². The van der Waals surface area contributed by atoms with Gasteiger partial charge in [0.25, 0.3) is 0 Å². The SMILES string of the molecule is CC1(OC(=O)N2CCN(c3ccn4ncc(-c5cccnc5OC5CCC5)c4n3)CC2)COC1. The Morgan fingerprint density at radius 1 is 1.15 bits per heavy atom. The second kappa shape index (κ2) is 8.43. The van der Waals surface area contributed by atoms with Crippen molar-refractivity contribution in [2.45, 2.75) is 37.9 Å². The number of hydrogen-bond acceptors (Lipinski definition) is 8. The van der Waals surface area contributed by atoms with Gasteiger partial charge in [0.05, 0.1) is 25.0 Å². The maximum Gasteiger partial charge on any atom is 0.410 e. The number of hydrogen-bond donors (Lipinski definition) is 0. The number of carbonyl (C=O) groups excluding carboxylic acids is 1. The van der Waals surface area contributed by atoms with Gasteiger partial charge in [-0.05, 0) is 44.4 Å². The number of nitrogens with zero attached hydrogens (tertiary/aromatic N) is 6. The number of aromatic nitrogens is 4. The van der Waals surface area contributed by atoms with Gasteiger partial charge in [-0.2, -0.15) is 5.10 Å². The van der Waals surface area contributed by atoms with Gasteiger partial charge in [0.15, 0.2) is 11.2 Å². The van der Waals surface area contributed by atoms with Crippen molar-refractivity contribution in [3.05, 3.63) is 36.8 Å². The molecule has 10 nitrogen and oxygen atoms in total. The van der Waals surface area contributed by atoms with Crippen LogP contribution in [0.2, 0.25) is 0 Å². The van der Waals surface area contributed by atoms with Crippen molar-refractivity contribution in [1.29, 1.82) is 0 Å². The van der Waals surface area contributed by atoms with Gasteiger partial charge in [-0.1, -0.05) is 0 Å². The molecule has 0 spiro atoms. The number of carbonyl (C=O) groups is 1. The molecule has 34 heavy (non-hydrogen) atoms. The molecule has 1 saturated carbocycles. The van der Waals surface area contributed by atoms with Crippen LogP contribution < -0.4 is 9.64 Å². The number of amides is 1. The molecule has 1 aliphatic carbocycles. The van der Waals surface area contributed by atoms with E-state index in [4.69, 9.17) is 19.2 Å². The minimum Gasteiger partial charge on any atom is -0.474 e. The highest BCUT2D eigenvalue weighted by molar-refractivity contribution is 5.80. The molecule has 2 aliphatic heterocycles. The third kappa shape index (κ3) is 3.91. The first-order chi connectivity index (χ1) is 16.6. The van der Waals surface area contributed by atoms with Crippen LogP contribution in [0.15, 0.2) is 36.8 Å². The van der Waals surface area contributed by atoms with E-state index in [-0.39, 0.29) is 12.2 Å². The molecule has 0 aromatic carbocycles. The average Bonchev–Trinajstić information content (AvgIpc) is 3.24. The Labute approximate surface area is 197 Å². The lowest BCUT2D eigenvalue weighted by Gasteiger charge is -2.40. The van der Waals surface area contributed by atoms with E-state index in [0.29, 0.717) is 45.3 Å². The van der Waals surface area contributed by atoms with Gasteiger partial charge in [-0.25, -0.2) is 19.3 Å². The molecule has 0 N–H and O–H groups in total. The van der Waals surface area contributed by atoms with Crippen molar-refractivity contribution in [3.63, 3.8) is 0 Å². The lowest BCUT2D eigenvalue weighted by atomic mass is 9.96. The molecule has 178 valence electrons. The zero-order valence-corrected chi connectivity index (χ0v) is 19.2. The summed E-state index contributed by atoms with van der Waals surface area (Å²) in [5, 5.41) is 4.49. The Morgan fingerprint density at radius 2 is 1.97 bits per heavy atom. The number of rotatable bonds is 5. The Kier molecular flexibility index (Phi) is 5.24. The molecule has 5 heterocycles. The largest absolute Gasteiger partial charge is 0.474 e. The van der Waals surface area contributed by atoms with E-state index in [1.165, 1.54) is 6.42 Å². The Bertz CT molecular complexity index is 1200. The Balaban J connectivity index is 1.19.